The van der Waals surface area contributed by atoms with Crippen LogP contribution in [0.3, 0.4) is 0 Å². The number of nitrogens with zero attached hydrogens (tertiary/aromatic N) is 1. The van der Waals surface area contributed by atoms with E-state index in [1.54, 1.807) is 0 Å². The first-order valence-electron chi connectivity index (χ1n) is 6.29. The highest BCUT2D eigenvalue weighted by Gasteiger charge is 2.51. The average molecular weight is 216 g/mol. The van der Waals surface area contributed by atoms with Gasteiger partial charge in [-0.15, -0.1) is 0 Å². The standard InChI is InChI=1S/C14H20N2/c15-10-14-7-6-13(14)9-16(11-14)8-12-4-2-1-3-5-12/h1-5,13H,6-11,15H2/t13-,14+/m1/s1. The van der Waals surface area contributed by atoms with Crippen molar-refractivity contribution in [2.45, 2.75) is 19.4 Å². The van der Waals surface area contributed by atoms with E-state index in [-0.39, 0.29) is 0 Å². The Balaban J connectivity index is 1.66. The Hall–Kier alpha value is -0.860. The summed E-state index contributed by atoms with van der Waals surface area (Å²) in [5, 5.41) is 0. The molecule has 0 radical (unpaired) electrons. The molecule has 1 heterocycles. The molecule has 1 saturated heterocycles. The van der Waals surface area contributed by atoms with Gasteiger partial charge in [-0.25, -0.2) is 0 Å². The Morgan fingerprint density at radius 2 is 2.12 bits per heavy atom. The molecule has 2 fully saturated rings. The monoisotopic (exact) mass is 216 g/mol. The minimum Gasteiger partial charge on any atom is -0.330 e. The lowest BCUT2D eigenvalue weighted by molar-refractivity contribution is 0.0945. The van der Waals surface area contributed by atoms with Gasteiger partial charge in [0.1, 0.15) is 0 Å². The van der Waals surface area contributed by atoms with Crippen LogP contribution < -0.4 is 5.73 Å². The number of hydrogen-bond acceptors (Lipinski definition) is 2. The van der Waals surface area contributed by atoms with Crippen LogP contribution in [0, 0.1) is 11.3 Å². The third kappa shape index (κ3) is 1.57. The normalized spacial score (nSPS) is 33.4. The van der Waals surface area contributed by atoms with Crippen LogP contribution in [0.15, 0.2) is 30.3 Å². The minimum atomic E-state index is 0.481. The van der Waals surface area contributed by atoms with Crippen LogP contribution in [0.25, 0.3) is 0 Å². The maximum Gasteiger partial charge on any atom is 0.0234 e. The Morgan fingerprint density at radius 1 is 1.31 bits per heavy atom. The number of fused-ring (bicyclic) bond motifs is 1. The quantitative estimate of drug-likeness (QED) is 0.835. The maximum absolute atomic E-state index is 5.94. The van der Waals surface area contributed by atoms with Crippen LogP contribution in [0.5, 0.6) is 0 Å². The van der Waals surface area contributed by atoms with Crippen molar-refractivity contribution in [3.05, 3.63) is 35.9 Å². The van der Waals surface area contributed by atoms with Gasteiger partial charge in [-0.2, -0.15) is 0 Å². The van der Waals surface area contributed by atoms with E-state index in [4.69, 9.17) is 5.73 Å². The van der Waals surface area contributed by atoms with Gasteiger partial charge in [0.15, 0.2) is 0 Å². The largest absolute Gasteiger partial charge is 0.330 e. The van der Waals surface area contributed by atoms with Gasteiger partial charge in [0.25, 0.3) is 0 Å². The fourth-order valence-electron chi connectivity index (χ4n) is 3.37. The molecule has 0 aromatic heterocycles. The molecule has 3 rings (SSSR count). The average Bonchev–Trinajstić information content (AvgIpc) is 2.54. The second kappa shape index (κ2) is 3.86. The summed E-state index contributed by atoms with van der Waals surface area (Å²) in [6.07, 6.45) is 2.74. The van der Waals surface area contributed by atoms with Gasteiger partial charge in [0.05, 0.1) is 0 Å². The van der Waals surface area contributed by atoms with Crippen LogP contribution in [0.1, 0.15) is 18.4 Å². The molecule has 86 valence electrons. The van der Waals surface area contributed by atoms with Gasteiger partial charge in [0.2, 0.25) is 0 Å². The van der Waals surface area contributed by atoms with Gasteiger partial charge < -0.3 is 5.73 Å². The molecule has 16 heavy (non-hydrogen) atoms. The smallest absolute Gasteiger partial charge is 0.0234 e. The van der Waals surface area contributed by atoms with Crippen molar-refractivity contribution in [2.24, 2.45) is 17.1 Å². The lowest BCUT2D eigenvalue weighted by Gasteiger charge is -2.43. The first-order chi connectivity index (χ1) is 7.82. The van der Waals surface area contributed by atoms with Crippen LogP contribution in [-0.4, -0.2) is 24.5 Å². The van der Waals surface area contributed by atoms with Gasteiger partial charge in [-0.05, 0) is 36.3 Å². The SMILES string of the molecule is NC[C@]12CC[C@@H]1CN(Cc1ccccc1)C2. The number of hydrogen-bond donors (Lipinski definition) is 1. The van der Waals surface area contributed by atoms with Crippen LogP contribution in [0.4, 0.5) is 0 Å². The van der Waals surface area contributed by atoms with Crippen molar-refractivity contribution in [3.63, 3.8) is 0 Å². The summed E-state index contributed by atoms with van der Waals surface area (Å²) >= 11 is 0. The molecule has 2 aliphatic rings. The predicted molar refractivity (Wildman–Crippen MR) is 65.9 cm³/mol. The van der Waals surface area contributed by atoms with Crippen molar-refractivity contribution in [3.8, 4) is 0 Å². The summed E-state index contributed by atoms with van der Waals surface area (Å²) in [5.74, 6) is 0.876. The molecule has 0 unspecified atom stereocenters. The fourth-order valence-corrected chi connectivity index (χ4v) is 3.37. The topological polar surface area (TPSA) is 29.3 Å². The zero-order valence-corrected chi connectivity index (χ0v) is 9.73. The second-order valence-electron chi connectivity index (χ2n) is 5.46. The lowest BCUT2D eigenvalue weighted by Crippen LogP contribution is -2.45. The number of nitrogens with two attached hydrogens (primary N) is 1. The van der Waals surface area contributed by atoms with Crippen LogP contribution in [-0.2, 0) is 6.54 Å². The zero-order chi connectivity index (χ0) is 11.0. The highest BCUT2D eigenvalue weighted by atomic mass is 15.2. The number of benzene rings is 1. The molecule has 1 aromatic carbocycles. The Kier molecular flexibility index (Phi) is 2.49. The van der Waals surface area contributed by atoms with E-state index >= 15 is 0 Å². The van der Waals surface area contributed by atoms with Crippen molar-refractivity contribution < 1.29 is 0 Å². The lowest BCUT2D eigenvalue weighted by atomic mass is 9.62. The molecular weight excluding hydrogens is 196 g/mol. The highest BCUT2D eigenvalue weighted by molar-refractivity contribution is 5.15. The molecule has 2 atom stereocenters. The fraction of sp³-hybridized carbons (Fsp3) is 0.571. The van der Waals surface area contributed by atoms with Crippen molar-refractivity contribution in [2.75, 3.05) is 19.6 Å². The summed E-state index contributed by atoms with van der Waals surface area (Å²) in [5.41, 5.74) is 7.85. The molecule has 0 spiro atoms. The molecule has 1 saturated carbocycles. The molecule has 1 aliphatic heterocycles. The van der Waals surface area contributed by atoms with E-state index in [2.05, 4.69) is 35.2 Å². The van der Waals surface area contributed by atoms with E-state index < -0.39 is 0 Å². The molecule has 2 nitrogen and oxygen atoms in total. The summed E-state index contributed by atoms with van der Waals surface area (Å²) in [7, 11) is 0. The molecule has 2 heteroatoms. The first kappa shape index (κ1) is 10.3. The van der Waals surface area contributed by atoms with E-state index in [1.165, 1.54) is 31.5 Å². The third-order valence-electron chi connectivity index (χ3n) is 4.53. The van der Waals surface area contributed by atoms with Gasteiger partial charge in [0, 0.05) is 19.6 Å². The molecule has 1 aromatic rings. The van der Waals surface area contributed by atoms with E-state index in [1.807, 2.05) is 0 Å². The molecule has 2 N–H and O–H groups in total. The Labute approximate surface area is 97.4 Å². The summed E-state index contributed by atoms with van der Waals surface area (Å²) in [6, 6.07) is 10.8. The molecule has 0 amide bonds. The van der Waals surface area contributed by atoms with Crippen LogP contribution in [0.2, 0.25) is 0 Å². The summed E-state index contributed by atoms with van der Waals surface area (Å²) < 4.78 is 0. The van der Waals surface area contributed by atoms with E-state index in [0.29, 0.717) is 5.41 Å². The van der Waals surface area contributed by atoms with Gasteiger partial charge in [-0.1, -0.05) is 30.3 Å². The highest BCUT2D eigenvalue weighted by Crippen LogP contribution is 2.51. The van der Waals surface area contributed by atoms with Gasteiger partial charge >= 0.3 is 0 Å². The molecular formula is C14H20N2. The first-order valence-corrected chi connectivity index (χ1v) is 6.29. The Bertz CT molecular complexity index is 358. The minimum absolute atomic E-state index is 0.481. The van der Waals surface area contributed by atoms with Crippen molar-refractivity contribution in [1.29, 1.82) is 0 Å². The number of rotatable bonds is 3. The second-order valence-corrected chi connectivity index (χ2v) is 5.46. The maximum atomic E-state index is 5.94. The van der Waals surface area contributed by atoms with Crippen molar-refractivity contribution >= 4 is 0 Å². The number of likely N-dealkylation sites (tertiary alicyclic amines) is 1. The zero-order valence-electron chi connectivity index (χ0n) is 9.73. The Morgan fingerprint density at radius 3 is 2.69 bits per heavy atom. The summed E-state index contributed by atoms with van der Waals surface area (Å²) in [6.45, 7) is 4.44. The van der Waals surface area contributed by atoms with E-state index in [9.17, 15) is 0 Å². The van der Waals surface area contributed by atoms with Gasteiger partial charge in [-0.3, -0.25) is 4.90 Å². The van der Waals surface area contributed by atoms with Crippen LogP contribution >= 0.6 is 0 Å². The van der Waals surface area contributed by atoms with E-state index in [0.717, 1.165) is 19.0 Å². The molecule has 0 bridgehead atoms. The third-order valence-corrected chi connectivity index (χ3v) is 4.53. The van der Waals surface area contributed by atoms with Crippen molar-refractivity contribution in [1.82, 2.24) is 4.90 Å². The summed E-state index contributed by atoms with van der Waals surface area (Å²) in [4.78, 5) is 2.58. The molecule has 1 aliphatic carbocycles. The predicted octanol–water partition coefficient (Wildman–Crippen LogP) is 1.86.